The van der Waals surface area contributed by atoms with Crippen LogP contribution < -0.4 is 10.6 Å². The first-order chi connectivity index (χ1) is 10.4. The fourth-order valence-electron chi connectivity index (χ4n) is 1.28. The molecule has 0 aliphatic heterocycles. The first kappa shape index (κ1) is 17.6. The Morgan fingerprint density at radius 1 is 1.32 bits per heavy atom. The summed E-state index contributed by atoms with van der Waals surface area (Å²) in [4.78, 5) is 33.5. The minimum absolute atomic E-state index is 0.0657. The van der Waals surface area contributed by atoms with Crippen LogP contribution in [0, 0.1) is 5.82 Å². The molecule has 2 N–H and O–H groups in total. The quantitative estimate of drug-likeness (QED) is 0.600. The summed E-state index contributed by atoms with van der Waals surface area (Å²) in [5.74, 6) is -2.28. The van der Waals surface area contributed by atoms with Crippen molar-refractivity contribution in [2.45, 2.75) is 0 Å². The van der Waals surface area contributed by atoms with Crippen LogP contribution in [0.1, 0.15) is 5.56 Å². The molecule has 0 aliphatic carbocycles. The van der Waals surface area contributed by atoms with Gasteiger partial charge in [0.25, 0.3) is 5.91 Å². The van der Waals surface area contributed by atoms with E-state index in [2.05, 4.69) is 15.4 Å². The first-order valence-electron chi connectivity index (χ1n) is 6.19. The summed E-state index contributed by atoms with van der Waals surface area (Å²) >= 11 is 5.59. The van der Waals surface area contributed by atoms with Crippen molar-refractivity contribution in [3.05, 3.63) is 40.7 Å². The number of rotatable bonds is 6. The lowest BCUT2D eigenvalue weighted by molar-refractivity contribution is -0.143. The van der Waals surface area contributed by atoms with E-state index in [1.807, 2.05) is 0 Å². The standard InChI is InChI=1S/C14H14ClFN2O4/c1-17-12(19)7-18-13(20)8-22-14(21)5-3-9-2-4-11(16)10(15)6-9/h2-6H,7-8H2,1H3,(H,17,19)(H,18,20)/b5-3+. The van der Waals surface area contributed by atoms with Crippen LogP contribution in [-0.4, -0.2) is 38.0 Å². The van der Waals surface area contributed by atoms with Gasteiger partial charge in [-0.25, -0.2) is 9.18 Å². The van der Waals surface area contributed by atoms with E-state index in [0.717, 1.165) is 6.08 Å². The van der Waals surface area contributed by atoms with E-state index in [-0.39, 0.29) is 17.5 Å². The van der Waals surface area contributed by atoms with Crippen molar-refractivity contribution in [2.75, 3.05) is 20.2 Å². The number of halogens is 2. The van der Waals surface area contributed by atoms with Gasteiger partial charge in [-0.3, -0.25) is 9.59 Å². The summed E-state index contributed by atoms with van der Waals surface area (Å²) in [5.41, 5.74) is 0.507. The Hall–Kier alpha value is -2.41. The zero-order valence-electron chi connectivity index (χ0n) is 11.7. The van der Waals surface area contributed by atoms with E-state index in [4.69, 9.17) is 11.6 Å². The molecule has 1 rings (SSSR count). The maximum Gasteiger partial charge on any atom is 0.331 e. The van der Waals surface area contributed by atoms with E-state index >= 15 is 0 Å². The molecule has 2 amide bonds. The number of benzene rings is 1. The third-order valence-electron chi connectivity index (χ3n) is 2.43. The molecule has 0 aromatic heterocycles. The van der Waals surface area contributed by atoms with Gasteiger partial charge in [0.1, 0.15) is 5.82 Å². The maximum atomic E-state index is 12.9. The number of amides is 2. The minimum atomic E-state index is -0.754. The molecule has 8 heteroatoms. The van der Waals surface area contributed by atoms with Crippen molar-refractivity contribution in [2.24, 2.45) is 0 Å². The molecular weight excluding hydrogens is 315 g/mol. The smallest absolute Gasteiger partial charge is 0.331 e. The molecule has 118 valence electrons. The highest BCUT2D eigenvalue weighted by molar-refractivity contribution is 6.30. The molecule has 0 unspecified atom stereocenters. The minimum Gasteiger partial charge on any atom is -0.452 e. The van der Waals surface area contributed by atoms with Gasteiger partial charge in [-0.05, 0) is 23.8 Å². The monoisotopic (exact) mass is 328 g/mol. The molecule has 0 saturated heterocycles. The number of hydrogen-bond acceptors (Lipinski definition) is 4. The summed E-state index contributed by atoms with van der Waals surface area (Å²) in [7, 11) is 1.43. The van der Waals surface area contributed by atoms with Crippen LogP contribution >= 0.6 is 11.6 Å². The van der Waals surface area contributed by atoms with Crippen LogP contribution in [0.25, 0.3) is 6.08 Å². The molecule has 0 radical (unpaired) electrons. The Kier molecular flexibility index (Phi) is 7.04. The molecule has 1 aromatic carbocycles. The lowest BCUT2D eigenvalue weighted by Gasteiger charge is -2.04. The van der Waals surface area contributed by atoms with Gasteiger partial charge in [0.2, 0.25) is 5.91 Å². The second-order valence-electron chi connectivity index (χ2n) is 4.06. The zero-order valence-corrected chi connectivity index (χ0v) is 12.4. The summed E-state index contributed by atoms with van der Waals surface area (Å²) in [6.07, 6.45) is 2.45. The second-order valence-corrected chi connectivity index (χ2v) is 4.47. The molecule has 0 saturated carbocycles. The van der Waals surface area contributed by atoms with Crippen LogP contribution in [0.3, 0.4) is 0 Å². The Balaban J connectivity index is 2.39. The van der Waals surface area contributed by atoms with Crippen LogP contribution in [0.4, 0.5) is 4.39 Å². The zero-order chi connectivity index (χ0) is 16.5. The summed E-state index contributed by atoms with van der Waals surface area (Å²) in [5, 5.41) is 4.52. The molecule has 0 bridgehead atoms. The largest absolute Gasteiger partial charge is 0.452 e. The Bertz CT molecular complexity index is 605. The van der Waals surface area contributed by atoms with Crippen molar-refractivity contribution in [1.29, 1.82) is 0 Å². The van der Waals surface area contributed by atoms with Crippen molar-refractivity contribution in [1.82, 2.24) is 10.6 Å². The van der Waals surface area contributed by atoms with Crippen molar-refractivity contribution >= 4 is 35.5 Å². The SMILES string of the molecule is CNC(=O)CNC(=O)COC(=O)/C=C/c1ccc(F)c(Cl)c1. The highest BCUT2D eigenvalue weighted by Crippen LogP contribution is 2.16. The van der Waals surface area contributed by atoms with Gasteiger partial charge in [-0.1, -0.05) is 17.7 Å². The predicted octanol–water partition coefficient (Wildman–Crippen LogP) is 0.898. The topological polar surface area (TPSA) is 84.5 Å². The van der Waals surface area contributed by atoms with E-state index in [9.17, 15) is 18.8 Å². The van der Waals surface area contributed by atoms with Crippen molar-refractivity contribution < 1.29 is 23.5 Å². The van der Waals surface area contributed by atoms with Crippen molar-refractivity contribution in [3.8, 4) is 0 Å². The molecule has 0 fully saturated rings. The molecular formula is C14H14ClFN2O4. The number of carbonyl (C=O) groups is 3. The number of nitrogens with one attached hydrogen (secondary N) is 2. The van der Waals surface area contributed by atoms with Gasteiger partial charge in [0.15, 0.2) is 6.61 Å². The van der Waals surface area contributed by atoms with Crippen LogP contribution in [0.15, 0.2) is 24.3 Å². The van der Waals surface area contributed by atoms with Crippen LogP contribution in [0.5, 0.6) is 0 Å². The lowest BCUT2D eigenvalue weighted by Crippen LogP contribution is -2.37. The molecule has 0 atom stereocenters. The van der Waals surface area contributed by atoms with Gasteiger partial charge >= 0.3 is 5.97 Å². The molecule has 1 aromatic rings. The number of hydrogen-bond donors (Lipinski definition) is 2. The van der Waals surface area contributed by atoms with Gasteiger partial charge < -0.3 is 15.4 Å². The van der Waals surface area contributed by atoms with E-state index in [1.54, 1.807) is 0 Å². The highest BCUT2D eigenvalue weighted by Gasteiger charge is 2.06. The summed E-state index contributed by atoms with van der Waals surface area (Å²) in [6, 6.07) is 3.94. The number of likely N-dealkylation sites (N-methyl/N-ethyl adjacent to an activating group) is 1. The molecule has 6 nitrogen and oxygen atoms in total. The van der Waals surface area contributed by atoms with Gasteiger partial charge in [0.05, 0.1) is 11.6 Å². The fourth-order valence-corrected chi connectivity index (χ4v) is 1.47. The summed E-state index contributed by atoms with van der Waals surface area (Å²) in [6.45, 7) is -0.707. The second kappa shape index (κ2) is 8.78. The van der Waals surface area contributed by atoms with Crippen LogP contribution in [0.2, 0.25) is 5.02 Å². The number of ether oxygens (including phenoxy) is 1. The van der Waals surface area contributed by atoms with Gasteiger partial charge in [0, 0.05) is 13.1 Å². The number of esters is 1. The van der Waals surface area contributed by atoms with Gasteiger partial charge in [-0.15, -0.1) is 0 Å². The third-order valence-corrected chi connectivity index (χ3v) is 2.72. The highest BCUT2D eigenvalue weighted by atomic mass is 35.5. The van der Waals surface area contributed by atoms with Crippen LogP contribution in [-0.2, 0) is 19.1 Å². The van der Waals surface area contributed by atoms with E-state index in [1.165, 1.54) is 31.3 Å². The normalized spacial score (nSPS) is 10.3. The van der Waals surface area contributed by atoms with E-state index < -0.39 is 24.3 Å². The fraction of sp³-hybridized carbons (Fsp3) is 0.214. The third kappa shape index (κ3) is 6.36. The molecule has 22 heavy (non-hydrogen) atoms. The number of carbonyl (C=O) groups excluding carboxylic acids is 3. The Morgan fingerprint density at radius 2 is 2.05 bits per heavy atom. The Labute approximate surface area is 131 Å². The maximum absolute atomic E-state index is 12.9. The predicted molar refractivity (Wildman–Crippen MR) is 78.5 cm³/mol. The molecule has 0 spiro atoms. The van der Waals surface area contributed by atoms with Crippen molar-refractivity contribution in [3.63, 3.8) is 0 Å². The first-order valence-corrected chi connectivity index (χ1v) is 6.57. The molecule has 0 aliphatic rings. The Morgan fingerprint density at radius 3 is 2.68 bits per heavy atom. The van der Waals surface area contributed by atoms with E-state index in [0.29, 0.717) is 5.56 Å². The molecule has 0 heterocycles. The lowest BCUT2D eigenvalue weighted by atomic mass is 10.2. The average molecular weight is 329 g/mol. The average Bonchev–Trinajstić information content (AvgIpc) is 2.51. The summed E-state index contributed by atoms with van der Waals surface area (Å²) < 4.78 is 17.6. The van der Waals surface area contributed by atoms with Gasteiger partial charge in [-0.2, -0.15) is 0 Å².